The Labute approximate surface area is 158 Å². The van der Waals surface area contributed by atoms with E-state index in [4.69, 9.17) is 0 Å². The van der Waals surface area contributed by atoms with E-state index in [0.29, 0.717) is 10.9 Å². The van der Waals surface area contributed by atoms with Crippen LogP contribution in [-0.2, 0) is 16.1 Å². The molecule has 0 bridgehead atoms. The smallest absolute Gasteiger partial charge is 0.347 e. The monoisotopic (exact) mass is 396 g/mol. The summed E-state index contributed by atoms with van der Waals surface area (Å²) in [5, 5.41) is 2.29. The highest BCUT2D eigenvalue weighted by Crippen LogP contribution is 2.19. The number of benzene rings is 1. The van der Waals surface area contributed by atoms with Gasteiger partial charge in [-0.3, -0.25) is 19.0 Å². The fraction of sp³-hybridized carbons (Fsp3) is 0.444. The van der Waals surface area contributed by atoms with Gasteiger partial charge in [0.1, 0.15) is 13.1 Å². The molecule has 1 aromatic carbocycles. The first-order valence-electron chi connectivity index (χ1n) is 8.81. The summed E-state index contributed by atoms with van der Waals surface area (Å²) in [6.45, 7) is -1.04. The molecule has 7 nitrogen and oxygen atoms in total. The van der Waals surface area contributed by atoms with Gasteiger partial charge >= 0.3 is 6.18 Å². The van der Waals surface area contributed by atoms with Crippen molar-refractivity contribution in [2.24, 2.45) is 5.92 Å². The SMILES string of the molecule is O=C(NCC(F)(F)F)C1CCN(C(=O)Cn2cnc3ccccc3c2=O)CC1. The van der Waals surface area contributed by atoms with Crippen LogP contribution in [0.5, 0.6) is 0 Å². The molecule has 0 radical (unpaired) electrons. The molecule has 0 atom stereocenters. The molecule has 0 spiro atoms. The van der Waals surface area contributed by atoms with Crippen molar-refractivity contribution >= 4 is 22.7 Å². The number of rotatable bonds is 4. The number of halogens is 3. The predicted octanol–water partition coefficient (Wildman–Crippen LogP) is 1.31. The molecule has 2 heterocycles. The molecule has 1 fully saturated rings. The minimum Gasteiger partial charge on any atom is -0.347 e. The molecule has 150 valence electrons. The van der Waals surface area contributed by atoms with Crippen molar-refractivity contribution in [2.45, 2.75) is 25.6 Å². The number of para-hydroxylation sites is 1. The van der Waals surface area contributed by atoms with Gasteiger partial charge in [-0.25, -0.2) is 4.98 Å². The highest BCUT2D eigenvalue weighted by Gasteiger charge is 2.31. The van der Waals surface area contributed by atoms with Crippen LogP contribution in [0.3, 0.4) is 0 Å². The molecule has 3 rings (SSSR count). The maximum atomic E-state index is 12.5. The fourth-order valence-corrected chi connectivity index (χ4v) is 3.19. The van der Waals surface area contributed by atoms with Crippen molar-refractivity contribution in [1.29, 1.82) is 0 Å². The fourth-order valence-electron chi connectivity index (χ4n) is 3.19. The Kier molecular flexibility index (Phi) is 5.66. The molecule has 0 unspecified atom stereocenters. The second-order valence-corrected chi connectivity index (χ2v) is 6.68. The summed E-state index contributed by atoms with van der Waals surface area (Å²) in [6.07, 6.45) is -2.58. The van der Waals surface area contributed by atoms with Crippen LogP contribution in [-0.4, -0.2) is 52.1 Å². The highest BCUT2D eigenvalue weighted by atomic mass is 19.4. The molecule has 28 heavy (non-hydrogen) atoms. The van der Waals surface area contributed by atoms with Gasteiger partial charge in [-0.2, -0.15) is 13.2 Å². The van der Waals surface area contributed by atoms with Gasteiger partial charge in [0.15, 0.2) is 0 Å². The summed E-state index contributed by atoms with van der Waals surface area (Å²) < 4.78 is 37.8. The first kappa shape index (κ1) is 19.8. The second kappa shape index (κ2) is 7.99. The summed E-state index contributed by atoms with van der Waals surface area (Å²) in [4.78, 5) is 42.4. The summed E-state index contributed by atoms with van der Waals surface area (Å²) in [5.41, 5.74) is 0.224. The Morgan fingerprint density at radius 2 is 1.86 bits per heavy atom. The van der Waals surface area contributed by atoms with Crippen molar-refractivity contribution in [3.05, 3.63) is 40.9 Å². The second-order valence-electron chi connectivity index (χ2n) is 6.68. The normalized spacial score (nSPS) is 15.6. The molecule has 1 saturated heterocycles. The molecule has 2 aromatic rings. The van der Waals surface area contributed by atoms with E-state index in [2.05, 4.69) is 4.98 Å². The topological polar surface area (TPSA) is 84.3 Å². The Morgan fingerprint density at radius 3 is 2.54 bits per heavy atom. The number of alkyl halides is 3. The van der Waals surface area contributed by atoms with Crippen LogP contribution in [0.15, 0.2) is 35.4 Å². The number of aromatic nitrogens is 2. The minimum absolute atomic E-state index is 0.179. The van der Waals surface area contributed by atoms with E-state index < -0.39 is 24.5 Å². The lowest BCUT2D eigenvalue weighted by Gasteiger charge is -2.31. The minimum atomic E-state index is -4.45. The van der Waals surface area contributed by atoms with Crippen molar-refractivity contribution in [3.63, 3.8) is 0 Å². The van der Waals surface area contributed by atoms with Crippen LogP contribution >= 0.6 is 0 Å². The zero-order chi connectivity index (χ0) is 20.3. The maximum absolute atomic E-state index is 12.5. The first-order valence-corrected chi connectivity index (χ1v) is 8.81. The van der Waals surface area contributed by atoms with Crippen molar-refractivity contribution in [1.82, 2.24) is 19.8 Å². The average molecular weight is 396 g/mol. The van der Waals surface area contributed by atoms with Gasteiger partial charge < -0.3 is 10.2 Å². The van der Waals surface area contributed by atoms with Crippen LogP contribution < -0.4 is 10.9 Å². The average Bonchev–Trinajstić information content (AvgIpc) is 2.68. The van der Waals surface area contributed by atoms with Crippen molar-refractivity contribution in [3.8, 4) is 0 Å². The summed E-state index contributed by atoms with van der Waals surface area (Å²) >= 11 is 0. The molecular weight excluding hydrogens is 377 g/mol. The summed E-state index contributed by atoms with van der Waals surface area (Å²) in [6, 6.07) is 6.82. The van der Waals surface area contributed by atoms with E-state index in [1.54, 1.807) is 24.3 Å². The van der Waals surface area contributed by atoms with Gasteiger partial charge in [-0.15, -0.1) is 0 Å². The number of amides is 2. The van der Waals surface area contributed by atoms with Gasteiger partial charge in [0, 0.05) is 19.0 Å². The molecule has 1 aliphatic heterocycles. The molecular formula is C18H19F3N4O3. The lowest BCUT2D eigenvalue weighted by molar-refractivity contribution is -0.143. The van der Waals surface area contributed by atoms with E-state index >= 15 is 0 Å². The third-order valence-corrected chi connectivity index (χ3v) is 4.72. The van der Waals surface area contributed by atoms with Crippen molar-refractivity contribution in [2.75, 3.05) is 19.6 Å². The number of nitrogens with zero attached hydrogens (tertiary/aromatic N) is 3. The quantitative estimate of drug-likeness (QED) is 0.845. The maximum Gasteiger partial charge on any atom is 0.405 e. The van der Waals surface area contributed by atoms with E-state index in [1.807, 2.05) is 5.32 Å². The van der Waals surface area contributed by atoms with Crippen LogP contribution in [0.1, 0.15) is 12.8 Å². The van der Waals surface area contributed by atoms with Crippen molar-refractivity contribution < 1.29 is 22.8 Å². The number of fused-ring (bicyclic) bond motifs is 1. The largest absolute Gasteiger partial charge is 0.405 e. The molecule has 0 aliphatic carbocycles. The lowest BCUT2D eigenvalue weighted by atomic mass is 9.96. The first-order chi connectivity index (χ1) is 13.2. The summed E-state index contributed by atoms with van der Waals surface area (Å²) in [7, 11) is 0. The van der Waals surface area contributed by atoms with Crippen LogP contribution in [0.25, 0.3) is 10.9 Å². The van der Waals surface area contributed by atoms with Gasteiger partial charge in [0.2, 0.25) is 11.8 Å². The van der Waals surface area contributed by atoms with E-state index in [9.17, 15) is 27.6 Å². The molecule has 1 aliphatic rings. The molecule has 1 aromatic heterocycles. The Morgan fingerprint density at radius 1 is 1.18 bits per heavy atom. The van der Waals surface area contributed by atoms with Gasteiger partial charge in [0.25, 0.3) is 5.56 Å². The third-order valence-electron chi connectivity index (χ3n) is 4.72. The Bertz CT molecular complexity index is 934. The zero-order valence-electron chi connectivity index (χ0n) is 14.9. The standard InChI is InChI=1S/C18H19F3N4O3/c19-18(20,21)10-22-16(27)12-5-7-24(8-6-12)15(26)9-25-11-23-14-4-2-1-3-13(14)17(25)28/h1-4,11-12H,5-10H2,(H,22,27). The van der Waals surface area contributed by atoms with Gasteiger partial charge in [-0.05, 0) is 25.0 Å². The van der Waals surface area contributed by atoms with Gasteiger partial charge in [-0.1, -0.05) is 12.1 Å². The van der Waals surface area contributed by atoms with E-state index in [1.165, 1.54) is 15.8 Å². The number of piperidine rings is 1. The van der Waals surface area contributed by atoms with Crippen LogP contribution in [0, 0.1) is 5.92 Å². The number of nitrogens with one attached hydrogen (secondary N) is 1. The van der Waals surface area contributed by atoms with Crippen LogP contribution in [0.2, 0.25) is 0 Å². The number of hydrogen-bond acceptors (Lipinski definition) is 4. The Hall–Kier alpha value is -2.91. The molecule has 0 saturated carbocycles. The molecule has 10 heteroatoms. The van der Waals surface area contributed by atoms with E-state index in [-0.39, 0.29) is 43.9 Å². The van der Waals surface area contributed by atoms with E-state index in [0.717, 1.165) is 0 Å². The van der Waals surface area contributed by atoms with Crippen LogP contribution in [0.4, 0.5) is 13.2 Å². The number of likely N-dealkylation sites (tertiary alicyclic amines) is 1. The third kappa shape index (κ3) is 4.68. The number of hydrogen-bond donors (Lipinski definition) is 1. The highest BCUT2D eigenvalue weighted by molar-refractivity contribution is 5.80. The lowest BCUT2D eigenvalue weighted by Crippen LogP contribution is -2.46. The Balaban J connectivity index is 1.57. The molecule has 2 amide bonds. The number of carbonyl (C=O) groups excluding carboxylic acids is 2. The van der Waals surface area contributed by atoms with Gasteiger partial charge in [0.05, 0.1) is 17.2 Å². The number of carbonyl (C=O) groups is 2. The predicted molar refractivity (Wildman–Crippen MR) is 94.4 cm³/mol. The molecule has 1 N–H and O–H groups in total. The summed E-state index contributed by atoms with van der Waals surface area (Å²) in [5.74, 6) is -1.51. The zero-order valence-corrected chi connectivity index (χ0v) is 14.9.